The average Bonchev–Trinajstić information content (AvgIpc) is 2.65. The van der Waals surface area contributed by atoms with Crippen LogP contribution in [0.3, 0.4) is 0 Å². The Morgan fingerprint density at radius 1 is 1.13 bits per heavy atom. The fourth-order valence-electron chi connectivity index (χ4n) is 1.23. The lowest BCUT2D eigenvalue weighted by atomic mass is 10.1. The third kappa shape index (κ3) is 2.20. The van der Waals surface area contributed by atoms with Crippen LogP contribution in [-0.4, -0.2) is 11.8 Å². The van der Waals surface area contributed by atoms with Crippen molar-refractivity contribution in [2.45, 2.75) is 0 Å². The number of benzene rings is 1. The topological polar surface area (TPSA) is 43.4 Å². The molecule has 0 N–H and O–H groups in total. The highest BCUT2D eigenvalue weighted by Crippen LogP contribution is 2.11. The first-order chi connectivity index (χ1) is 7.25. The van der Waals surface area contributed by atoms with Crippen LogP contribution in [0, 0.1) is 0 Å². The van der Waals surface area contributed by atoms with E-state index in [2.05, 4.69) is 0 Å². The molecule has 0 aromatic heterocycles. The van der Waals surface area contributed by atoms with Gasteiger partial charge in [-0.15, -0.1) is 0 Å². The summed E-state index contributed by atoms with van der Waals surface area (Å²) in [6, 6.07) is 8.81. The van der Waals surface area contributed by atoms with Gasteiger partial charge in [0.15, 0.2) is 5.78 Å². The van der Waals surface area contributed by atoms with Gasteiger partial charge in [-0.2, -0.15) is 0 Å². The van der Waals surface area contributed by atoms with Crippen molar-refractivity contribution in [3.05, 3.63) is 59.9 Å². The summed E-state index contributed by atoms with van der Waals surface area (Å²) in [7, 11) is 0. The highest BCUT2D eigenvalue weighted by Gasteiger charge is 2.11. The van der Waals surface area contributed by atoms with E-state index in [9.17, 15) is 9.59 Å². The second-order valence-corrected chi connectivity index (χ2v) is 3.03. The molecule has 1 aromatic rings. The molecule has 0 saturated carbocycles. The first-order valence-electron chi connectivity index (χ1n) is 4.47. The van der Waals surface area contributed by atoms with Gasteiger partial charge in [0, 0.05) is 17.7 Å². The highest BCUT2D eigenvalue weighted by atomic mass is 16.5. The van der Waals surface area contributed by atoms with Gasteiger partial charge in [-0.1, -0.05) is 30.3 Å². The van der Waals surface area contributed by atoms with E-state index < -0.39 is 5.97 Å². The number of rotatable bonds is 2. The van der Waals surface area contributed by atoms with E-state index in [0.717, 1.165) is 0 Å². The predicted octanol–water partition coefficient (Wildman–Crippen LogP) is 1.87. The number of carbonyl (C=O) groups excluding carboxylic acids is 2. The molecule has 0 radical (unpaired) electrons. The average molecular weight is 200 g/mol. The normalized spacial score (nSPS) is 16.8. The maximum absolute atomic E-state index is 11.6. The van der Waals surface area contributed by atoms with Crippen LogP contribution in [-0.2, 0) is 9.53 Å². The Hall–Kier alpha value is -2.16. The third-order valence-corrected chi connectivity index (χ3v) is 1.93. The maximum atomic E-state index is 11.6. The van der Waals surface area contributed by atoms with Crippen LogP contribution in [0.5, 0.6) is 0 Å². The van der Waals surface area contributed by atoms with E-state index in [1.807, 2.05) is 6.07 Å². The fraction of sp³-hybridized carbons (Fsp3) is 0. The lowest BCUT2D eigenvalue weighted by Crippen LogP contribution is -1.97. The van der Waals surface area contributed by atoms with E-state index in [-0.39, 0.29) is 11.5 Å². The number of hydrogen-bond acceptors (Lipinski definition) is 3. The molecule has 0 unspecified atom stereocenters. The molecular formula is C12H8O3. The van der Waals surface area contributed by atoms with E-state index >= 15 is 0 Å². The van der Waals surface area contributed by atoms with Gasteiger partial charge in [-0.25, -0.2) is 4.79 Å². The second-order valence-electron chi connectivity index (χ2n) is 3.03. The Morgan fingerprint density at radius 3 is 2.47 bits per heavy atom. The molecule has 1 aromatic carbocycles. The predicted molar refractivity (Wildman–Crippen MR) is 54.1 cm³/mol. The molecule has 0 spiro atoms. The standard InChI is InChI=1S/C12H8O3/c13-11(9-4-2-1-3-5-9)8-10-6-7-12(14)15-10/h1-8H. The van der Waals surface area contributed by atoms with Crippen LogP contribution in [0.1, 0.15) is 10.4 Å². The van der Waals surface area contributed by atoms with Crippen LogP contribution < -0.4 is 0 Å². The molecule has 1 heterocycles. The molecule has 74 valence electrons. The Morgan fingerprint density at radius 2 is 1.87 bits per heavy atom. The van der Waals surface area contributed by atoms with Crippen molar-refractivity contribution < 1.29 is 14.3 Å². The van der Waals surface area contributed by atoms with Gasteiger partial charge in [-0.3, -0.25) is 4.79 Å². The summed E-state index contributed by atoms with van der Waals surface area (Å²) in [6.45, 7) is 0. The number of ketones is 1. The zero-order valence-corrected chi connectivity index (χ0v) is 7.84. The fourth-order valence-corrected chi connectivity index (χ4v) is 1.23. The smallest absolute Gasteiger partial charge is 0.336 e. The monoisotopic (exact) mass is 200 g/mol. The number of carbonyl (C=O) groups is 2. The first kappa shape index (κ1) is 9.40. The summed E-state index contributed by atoms with van der Waals surface area (Å²) in [5, 5.41) is 0. The molecule has 3 nitrogen and oxygen atoms in total. The minimum atomic E-state index is -0.442. The minimum absolute atomic E-state index is 0.176. The van der Waals surface area contributed by atoms with Crippen molar-refractivity contribution in [2.75, 3.05) is 0 Å². The Kier molecular flexibility index (Phi) is 2.46. The van der Waals surface area contributed by atoms with Crippen LogP contribution in [0.15, 0.2) is 54.3 Å². The lowest BCUT2D eigenvalue weighted by Gasteiger charge is -1.96. The third-order valence-electron chi connectivity index (χ3n) is 1.93. The summed E-state index contributed by atoms with van der Waals surface area (Å²) >= 11 is 0. The highest BCUT2D eigenvalue weighted by molar-refractivity contribution is 6.05. The molecule has 0 fully saturated rings. The summed E-state index contributed by atoms with van der Waals surface area (Å²) in [5.74, 6) is -0.332. The SMILES string of the molecule is O=C1C=CC(=CC(=O)c2ccccc2)O1. The molecule has 1 aliphatic rings. The van der Waals surface area contributed by atoms with E-state index in [1.54, 1.807) is 24.3 Å². The van der Waals surface area contributed by atoms with Crippen molar-refractivity contribution in [3.63, 3.8) is 0 Å². The largest absolute Gasteiger partial charge is 0.423 e. The van der Waals surface area contributed by atoms with Gasteiger partial charge in [0.2, 0.25) is 0 Å². The summed E-state index contributed by atoms with van der Waals surface area (Å²) in [4.78, 5) is 22.3. The number of hydrogen-bond donors (Lipinski definition) is 0. The van der Waals surface area contributed by atoms with E-state index in [0.29, 0.717) is 5.56 Å². The maximum Gasteiger partial charge on any atom is 0.336 e. The number of cyclic esters (lactones) is 1. The van der Waals surface area contributed by atoms with Crippen molar-refractivity contribution >= 4 is 11.8 Å². The Bertz CT molecular complexity index is 455. The first-order valence-corrected chi connectivity index (χ1v) is 4.47. The molecule has 15 heavy (non-hydrogen) atoms. The van der Waals surface area contributed by atoms with Crippen molar-refractivity contribution in [1.82, 2.24) is 0 Å². The minimum Gasteiger partial charge on any atom is -0.423 e. The van der Waals surface area contributed by atoms with Gasteiger partial charge < -0.3 is 4.74 Å². The van der Waals surface area contributed by atoms with Gasteiger partial charge in [0.05, 0.1) is 0 Å². The summed E-state index contributed by atoms with van der Waals surface area (Å²) < 4.78 is 4.74. The summed E-state index contributed by atoms with van der Waals surface area (Å²) in [5.41, 5.74) is 0.571. The van der Waals surface area contributed by atoms with Gasteiger partial charge >= 0.3 is 5.97 Å². The molecule has 0 saturated heterocycles. The van der Waals surface area contributed by atoms with Crippen LogP contribution in [0.25, 0.3) is 0 Å². The van der Waals surface area contributed by atoms with Gasteiger partial charge in [0.1, 0.15) is 5.76 Å². The van der Waals surface area contributed by atoms with E-state index in [4.69, 9.17) is 4.74 Å². The van der Waals surface area contributed by atoms with E-state index in [1.165, 1.54) is 18.2 Å². The Balaban J connectivity index is 2.18. The number of ether oxygens (including phenoxy) is 1. The number of allylic oxidation sites excluding steroid dienone is 2. The molecule has 1 aliphatic heterocycles. The zero-order chi connectivity index (χ0) is 10.7. The second kappa shape index (κ2) is 3.92. The molecular weight excluding hydrogens is 192 g/mol. The van der Waals surface area contributed by atoms with Crippen molar-refractivity contribution in [2.24, 2.45) is 0 Å². The molecule has 0 atom stereocenters. The molecule has 3 heteroatoms. The van der Waals surface area contributed by atoms with Crippen LogP contribution in [0.4, 0.5) is 0 Å². The molecule has 2 rings (SSSR count). The molecule has 0 aliphatic carbocycles. The molecule has 0 amide bonds. The quantitative estimate of drug-likeness (QED) is 0.416. The van der Waals surface area contributed by atoms with Crippen molar-refractivity contribution in [3.8, 4) is 0 Å². The van der Waals surface area contributed by atoms with Crippen LogP contribution >= 0.6 is 0 Å². The summed E-state index contributed by atoms with van der Waals surface area (Å²) in [6.07, 6.45) is 4.06. The van der Waals surface area contributed by atoms with Crippen molar-refractivity contribution in [1.29, 1.82) is 0 Å². The number of esters is 1. The zero-order valence-electron chi connectivity index (χ0n) is 7.84. The van der Waals surface area contributed by atoms with Crippen LogP contribution in [0.2, 0.25) is 0 Å². The van der Waals surface area contributed by atoms with Gasteiger partial charge in [-0.05, 0) is 6.08 Å². The lowest BCUT2D eigenvalue weighted by molar-refractivity contribution is -0.132. The van der Waals surface area contributed by atoms with Gasteiger partial charge in [0.25, 0.3) is 0 Å². The Labute approximate surface area is 86.7 Å². The molecule has 0 bridgehead atoms.